The Balaban J connectivity index is 1.87. The average molecular weight is 549 g/mol. The second kappa shape index (κ2) is 13.3. The zero-order valence-corrected chi connectivity index (χ0v) is 22.0. The molecule has 2 aromatic carbocycles. The van der Waals surface area contributed by atoms with E-state index in [-0.39, 0.29) is 48.3 Å². The summed E-state index contributed by atoms with van der Waals surface area (Å²) in [6.45, 7) is 4.16. The molecular weight excluding hydrogens is 516 g/mol. The number of benzene rings is 2. The number of nitro benzene ring substituents is 1. The summed E-state index contributed by atoms with van der Waals surface area (Å²) in [6, 6.07) is 12.8. The molecule has 0 saturated carbocycles. The monoisotopic (exact) mass is 548 g/mol. The third-order valence-corrected chi connectivity index (χ3v) is 7.69. The first-order valence-corrected chi connectivity index (χ1v) is 13.6. The molecule has 1 saturated heterocycles. The van der Waals surface area contributed by atoms with Crippen LogP contribution < -0.4 is 5.32 Å². The molecule has 0 radical (unpaired) electrons. The first kappa shape index (κ1) is 29.0. The van der Waals surface area contributed by atoms with Crippen molar-refractivity contribution in [3.8, 4) is 0 Å². The Labute approximate surface area is 221 Å². The topological polar surface area (TPSA) is 161 Å². The Morgan fingerprint density at radius 2 is 1.92 bits per heavy atom. The lowest BCUT2D eigenvalue weighted by Gasteiger charge is -2.27. The van der Waals surface area contributed by atoms with Crippen molar-refractivity contribution in [1.82, 2.24) is 9.62 Å². The maximum atomic E-state index is 13.5. The molecule has 38 heavy (non-hydrogen) atoms. The van der Waals surface area contributed by atoms with E-state index in [4.69, 9.17) is 9.47 Å². The van der Waals surface area contributed by atoms with Gasteiger partial charge in [0.25, 0.3) is 5.69 Å². The van der Waals surface area contributed by atoms with Crippen LogP contribution in [0, 0.1) is 16.0 Å². The highest BCUT2D eigenvalue weighted by atomic mass is 32.2. The first-order chi connectivity index (χ1) is 18.1. The van der Waals surface area contributed by atoms with Gasteiger partial charge in [-0.05, 0) is 30.0 Å². The van der Waals surface area contributed by atoms with Gasteiger partial charge in [0.1, 0.15) is 6.10 Å². The van der Waals surface area contributed by atoms with Crippen molar-refractivity contribution < 1.29 is 32.8 Å². The van der Waals surface area contributed by atoms with Crippen LogP contribution in [0.2, 0.25) is 0 Å². The molecule has 1 amide bonds. The van der Waals surface area contributed by atoms with Crippen molar-refractivity contribution in [3.05, 3.63) is 70.3 Å². The zero-order chi connectivity index (χ0) is 27.7. The number of rotatable bonds is 12. The van der Waals surface area contributed by atoms with Crippen molar-refractivity contribution in [3.63, 3.8) is 0 Å². The Morgan fingerprint density at radius 1 is 1.24 bits per heavy atom. The molecule has 1 aliphatic heterocycles. The largest absolute Gasteiger partial charge is 0.444 e. The maximum Gasteiger partial charge on any atom is 0.408 e. The van der Waals surface area contributed by atoms with Crippen LogP contribution in [0.4, 0.5) is 10.5 Å². The van der Waals surface area contributed by atoms with Gasteiger partial charge in [0.15, 0.2) is 0 Å². The third kappa shape index (κ3) is 7.97. The number of nitrogens with zero attached hydrogens (tertiary/aromatic N) is 3. The molecule has 0 aliphatic carbocycles. The molecule has 1 heterocycles. The van der Waals surface area contributed by atoms with Crippen molar-refractivity contribution in [2.24, 2.45) is 11.1 Å². The SMILES string of the molecule is CC(C)CN(CC(=NO)[C@H](Cc1ccccc1)NC(=O)O[C@H]1CCOC1)S(=O)(=O)c1ccc([N+](=O)[O-])cc1. The Kier molecular flexibility index (Phi) is 10.2. The number of hydrogen-bond acceptors (Lipinski definition) is 9. The fourth-order valence-corrected chi connectivity index (χ4v) is 5.55. The van der Waals surface area contributed by atoms with Gasteiger partial charge < -0.3 is 20.0 Å². The first-order valence-electron chi connectivity index (χ1n) is 12.1. The molecular formula is C25H32N4O8S. The summed E-state index contributed by atoms with van der Waals surface area (Å²) in [4.78, 5) is 22.9. The van der Waals surface area contributed by atoms with Crippen LogP contribution in [-0.2, 0) is 25.9 Å². The number of nitro groups is 1. The van der Waals surface area contributed by atoms with E-state index >= 15 is 0 Å². The number of hydrogen-bond donors (Lipinski definition) is 2. The van der Waals surface area contributed by atoms with Gasteiger partial charge in [0.2, 0.25) is 10.0 Å². The van der Waals surface area contributed by atoms with E-state index in [1.54, 1.807) is 0 Å². The van der Waals surface area contributed by atoms with Crippen LogP contribution in [0.5, 0.6) is 0 Å². The number of carbonyl (C=O) groups excluding carboxylic acids is 1. The Hall–Kier alpha value is -3.55. The molecule has 0 spiro atoms. The number of non-ortho nitro benzene ring substituents is 1. The molecule has 0 aromatic heterocycles. The highest BCUT2D eigenvalue weighted by molar-refractivity contribution is 7.89. The molecule has 0 unspecified atom stereocenters. The Morgan fingerprint density at radius 3 is 2.47 bits per heavy atom. The number of carbonyl (C=O) groups is 1. The predicted molar refractivity (Wildman–Crippen MR) is 139 cm³/mol. The summed E-state index contributed by atoms with van der Waals surface area (Å²) in [5, 5.41) is 27.1. The number of oxime groups is 1. The van der Waals surface area contributed by atoms with Gasteiger partial charge in [-0.1, -0.05) is 49.3 Å². The van der Waals surface area contributed by atoms with E-state index in [1.807, 2.05) is 44.2 Å². The molecule has 0 bridgehead atoms. The molecule has 2 atom stereocenters. The third-order valence-electron chi connectivity index (χ3n) is 5.86. The van der Waals surface area contributed by atoms with Gasteiger partial charge in [0, 0.05) is 25.1 Å². The molecule has 3 rings (SSSR count). The van der Waals surface area contributed by atoms with Crippen molar-refractivity contribution in [2.75, 3.05) is 26.3 Å². The maximum absolute atomic E-state index is 13.5. The molecule has 2 aromatic rings. The van der Waals surface area contributed by atoms with Gasteiger partial charge in [-0.3, -0.25) is 10.1 Å². The standard InChI is InChI=1S/C25H32N4O8S/c1-18(2)15-28(38(34,35)22-10-8-20(9-11-22)29(32)33)16-24(27-31)23(14-19-6-4-3-5-7-19)26-25(30)37-21-12-13-36-17-21/h3-11,18,21,23,31H,12-17H2,1-2H3,(H,26,30)/t21-,23-/m0/s1. The van der Waals surface area contributed by atoms with E-state index in [9.17, 15) is 28.5 Å². The molecule has 206 valence electrons. The van der Waals surface area contributed by atoms with Crippen LogP contribution in [0.15, 0.2) is 64.6 Å². The molecule has 1 fully saturated rings. The predicted octanol–water partition coefficient (Wildman–Crippen LogP) is 3.20. The summed E-state index contributed by atoms with van der Waals surface area (Å²) in [5.74, 6) is -0.101. The fraction of sp³-hybridized carbons (Fsp3) is 0.440. The second-order valence-corrected chi connectivity index (χ2v) is 11.2. The second-order valence-electron chi connectivity index (χ2n) is 9.31. The lowest BCUT2D eigenvalue weighted by Crippen LogP contribution is -2.49. The van der Waals surface area contributed by atoms with Crippen LogP contribution in [0.1, 0.15) is 25.8 Å². The molecule has 12 nitrogen and oxygen atoms in total. The van der Waals surface area contributed by atoms with E-state index in [2.05, 4.69) is 10.5 Å². The van der Waals surface area contributed by atoms with E-state index in [0.29, 0.717) is 13.0 Å². The summed E-state index contributed by atoms with van der Waals surface area (Å²) < 4.78 is 38.8. The summed E-state index contributed by atoms with van der Waals surface area (Å²) in [6.07, 6.45) is -0.366. The lowest BCUT2D eigenvalue weighted by molar-refractivity contribution is -0.384. The van der Waals surface area contributed by atoms with Gasteiger partial charge >= 0.3 is 6.09 Å². The summed E-state index contributed by atoms with van der Waals surface area (Å²) in [7, 11) is -4.14. The molecule has 13 heteroatoms. The highest BCUT2D eigenvalue weighted by Crippen LogP contribution is 2.21. The summed E-state index contributed by atoms with van der Waals surface area (Å²) in [5.41, 5.74) is 0.576. The highest BCUT2D eigenvalue weighted by Gasteiger charge is 2.31. The van der Waals surface area contributed by atoms with E-state index < -0.39 is 33.2 Å². The number of amides is 1. The van der Waals surface area contributed by atoms with Crippen LogP contribution >= 0.6 is 0 Å². The zero-order valence-electron chi connectivity index (χ0n) is 21.2. The summed E-state index contributed by atoms with van der Waals surface area (Å²) >= 11 is 0. The minimum atomic E-state index is -4.14. The van der Waals surface area contributed by atoms with Gasteiger partial charge in [-0.2, -0.15) is 4.31 Å². The van der Waals surface area contributed by atoms with E-state index in [0.717, 1.165) is 34.1 Å². The van der Waals surface area contributed by atoms with Gasteiger partial charge in [-0.25, -0.2) is 13.2 Å². The molecule has 2 N–H and O–H groups in total. The number of sulfonamides is 1. The van der Waals surface area contributed by atoms with Crippen molar-refractivity contribution in [2.45, 2.75) is 43.7 Å². The van der Waals surface area contributed by atoms with Gasteiger partial charge in [0.05, 0.1) is 41.3 Å². The quantitative estimate of drug-likeness (QED) is 0.177. The normalized spacial score (nSPS) is 16.9. The number of nitrogens with one attached hydrogen (secondary N) is 1. The lowest BCUT2D eigenvalue weighted by atomic mass is 10.0. The number of ether oxygens (including phenoxy) is 2. The van der Waals surface area contributed by atoms with Crippen LogP contribution in [0.25, 0.3) is 0 Å². The smallest absolute Gasteiger partial charge is 0.408 e. The number of alkyl carbamates (subject to hydrolysis) is 1. The van der Waals surface area contributed by atoms with E-state index in [1.165, 1.54) is 0 Å². The van der Waals surface area contributed by atoms with Crippen LogP contribution in [0.3, 0.4) is 0 Å². The minimum absolute atomic E-state index is 0.000360. The van der Waals surface area contributed by atoms with Crippen molar-refractivity contribution in [1.29, 1.82) is 0 Å². The van der Waals surface area contributed by atoms with Crippen molar-refractivity contribution >= 4 is 27.5 Å². The minimum Gasteiger partial charge on any atom is -0.444 e. The average Bonchev–Trinajstić information content (AvgIpc) is 3.39. The van der Waals surface area contributed by atoms with Gasteiger partial charge in [-0.15, -0.1) is 0 Å². The molecule has 1 aliphatic rings. The van der Waals surface area contributed by atoms with Crippen LogP contribution in [-0.4, -0.2) is 73.1 Å². The Bertz CT molecular complexity index is 1210. The fourth-order valence-electron chi connectivity index (χ4n) is 3.97.